The van der Waals surface area contributed by atoms with Gasteiger partial charge in [0.2, 0.25) is 0 Å². The van der Waals surface area contributed by atoms with E-state index in [4.69, 9.17) is 16.3 Å². The van der Waals surface area contributed by atoms with Crippen LogP contribution in [-0.4, -0.2) is 27.1 Å². The van der Waals surface area contributed by atoms with Gasteiger partial charge < -0.3 is 9.30 Å². The lowest BCUT2D eigenvalue weighted by atomic mass is 10.2. The first-order valence-electron chi connectivity index (χ1n) is 8.44. The van der Waals surface area contributed by atoms with Crippen molar-refractivity contribution in [2.75, 3.05) is 6.54 Å². The molecule has 0 N–H and O–H groups in total. The van der Waals surface area contributed by atoms with Gasteiger partial charge in [-0.3, -0.25) is 4.90 Å². The van der Waals surface area contributed by atoms with E-state index in [-0.39, 0.29) is 6.10 Å². The van der Waals surface area contributed by atoms with Crippen molar-refractivity contribution in [3.63, 3.8) is 0 Å². The van der Waals surface area contributed by atoms with Crippen molar-refractivity contribution in [3.8, 4) is 11.6 Å². The van der Waals surface area contributed by atoms with Gasteiger partial charge in [0.15, 0.2) is 0 Å². The van der Waals surface area contributed by atoms with Crippen LogP contribution in [0.25, 0.3) is 5.82 Å². The lowest BCUT2D eigenvalue weighted by molar-refractivity contribution is 0.155. The molecule has 4 rings (SSSR count). The summed E-state index contributed by atoms with van der Waals surface area (Å²) in [4.78, 5) is 6.85. The highest BCUT2D eigenvalue weighted by atomic mass is 35.5. The molecule has 1 aromatic carbocycles. The third kappa shape index (κ3) is 3.55. The van der Waals surface area contributed by atoms with Crippen molar-refractivity contribution >= 4 is 11.6 Å². The maximum atomic E-state index is 6.06. The zero-order valence-corrected chi connectivity index (χ0v) is 14.9. The molecule has 0 fully saturated rings. The van der Waals surface area contributed by atoms with Crippen molar-refractivity contribution in [1.29, 1.82) is 0 Å². The van der Waals surface area contributed by atoms with Crippen LogP contribution in [0.3, 0.4) is 0 Å². The summed E-state index contributed by atoms with van der Waals surface area (Å²) in [6.45, 7) is 4.71. The van der Waals surface area contributed by atoms with Crippen molar-refractivity contribution in [2.24, 2.45) is 0 Å². The summed E-state index contributed by atoms with van der Waals surface area (Å²) in [6, 6.07) is 16.3. The summed E-state index contributed by atoms with van der Waals surface area (Å²) in [5, 5.41) is 0.646. The number of hydrogen-bond donors (Lipinski definition) is 0. The molecule has 0 saturated carbocycles. The molecule has 3 aromatic rings. The quantitative estimate of drug-likeness (QED) is 0.703. The maximum Gasteiger partial charge on any atom is 0.136 e. The third-order valence-corrected chi connectivity index (χ3v) is 4.61. The normalized spacial score (nSPS) is 17.6. The van der Waals surface area contributed by atoms with Crippen LogP contribution in [0, 0.1) is 0 Å². The van der Waals surface area contributed by atoms with Crippen molar-refractivity contribution in [3.05, 3.63) is 77.2 Å². The van der Waals surface area contributed by atoms with Crippen molar-refractivity contribution in [2.45, 2.75) is 26.1 Å². The number of nitrogens with zero attached hydrogens (tertiary/aromatic N) is 3. The van der Waals surface area contributed by atoms with Crippen LogP contribution in [0.15, 0.2) is 60.9 Å². The first-order chi connectivity index (χ1) is 12.2. The number of pyridine rings is 1. The Balaban J connectivity index is 1.59. The summed E-state index contributed by atoms with van der Waals surface area (Å²) in [7, 11) is 0. The van der Waals surface area contributed by atoms with Crippen molar-refractivity contribution < 1.29 is 4.74 Å². The fourth-order valence-corrected chi connectivity index (χ4v) is 3.41. The molecule has 25 heavy (non-hydrogen) atoms. The number of ether oxygens (including phenoxy) is 1. The highest BCUT2D eigenvalue weighted by Gasteiger charge is 2.20. The summed E-state index contributed by atoms with van der Waals surface area (Å²) < 4.78 is 8.17. The molecule has 0 aliphatic carbocycles. The smallest absolute Gasteiger partial charge is 0.136 e. The van der Waals surface area contributed by atoms with Crippen LogP contribution >= 0.6 is 11.6 Å². The predicted octanol–water partition coefficient (Wildman–Crippen LogP) is 4.31. The van der Waals surface area contributed by atoms with Gasteiger partial charge in [-0.05, 0) is 37.3 Å². The average Bonchev–Trinajstić information content (AvgIpc) is 2.98. The third-order valence-electron chi connectivity index (χ3n) is 4.39. The van der Waals surface area contributed by atoms with Crippen LogP contribution in [-0.2, 0) is 13.1 Å². The SMILES string of the molecule is CC1CN(Cc2cccn2-c2ccc(Cl)cn2)Cc2ccccc2O1. The molecule has 0 spiro atoms. The van der Waals surface area contributed by atoms with Gasteiger partial charge in [0.1, 0.15) is 17.7 Å². The average molecular weight is 354 g/mol. The summed E-state index contributed by atoms with van der Waals surface area (Å²) >= 11 is 5.96. The van der Waals surface area contributed by atoms with Crippen LogP contribution < -0.4 is 4.74 Å². The second-order valence-corrected chi connectivity index (χ2v) is 6.85. The van der Waals surface area contributed by atoms with Gasteiger partial charge in [-0.25, -0.2) is 4.98 Å². The van der Waals surface area contributed by atoms with Gasteiger partial charge in [0.25, 0.3) is 0 Å². The van der Waals surface area contributed by atoms with E-state index in [1.165, 1.54) is 11.3 Å². The topological polar surface area (TPSA) is 30.3 Å². The van der Waals surface area contributed by atoms with E-state index in [2.05, 4.69) is 51.7 Å². The Bertz CT molecular complexity index is 859. The van der Waals surface area contributed by atoms with Gasteiger partial charge in [-0.2, -0.15) is 0 Å². The highest BCUT2D eigenvalue weighted by Crippen LogP contribution is 2.26. The minimum atomic E-state index is 0.153. The zero-order chi connectivity index (χ0) is 17.2. The second kappa shape index (κ2) is 6.90. The Morgan fingerprint density at radius 3 is 2.88 bits per heavy atom. The summed E-state index contributed by atoms with van der Waals surface area (Å²) in [6.07, 6.45) is 3.87. The number of rotatable bonds is 3. The number of fused-ring (bicyclic) bond motifs is 1. The van der Waals surface area contributed by atoms with E-state index in [1.54, 1.807) is 6.20 Å². The molecule has 1 aliphatic heterocycles. The number of halogens is 1. The van der Waals surface area contributed by atoms with E-state index >= 15 is 0 Å². The van der Waals surface area contributed by atoms with Crippen LogP contribution in [0.2, 0.25) is 5.02 Å². The molecule has 128 valence electrons. The van der Waals surface area contributed by atoms with Gasteiger partial charge in [0, 0.05) is 43.3 Å². The van der Waals surface area contributed by atoms with Gasteiger partial charge in [-0.1, -0.05) is 29.8 Å². The highest BCUT2D eigenvalue weighted by molar-refractivity contribution is 6.30. The zero-order valence-electron chi connectivity index (χ0n) is 14.1. The predicted molar refractivity (Wildman–Crippen MR) is 99.2 cm³/mol. The van der Waals surface area contributed by atoms with E-state index in [9.17, 15) is 0 Å². The summed E-state index contributed by atoms with van der Waals surface area (Å²) in [5.74, 6) is 1.87. The fraction of sp³-hybridized carbons (Fsp3) is 0.250. The van der Waals surface area contributed by atoms with E-state index < -0.39 is 0 Å². The molecule has 0 amide bonds. The van der Waals surface area contributed by atoms with E-state index in [1.807, 2.05) is 24.4 Å². The summed E-state index contributed by atoms with van der Waals surface area (Å²) in [5.41, 5.74) is 2.43. The first kappa shape index (κ1) is 16.2. The molecule has 1 aliphatic rings. The van der Waals surface area contributed by atoms with E-state index in [0.29, 0.717) is 5.02 Å². The molecule has 3 heterocycles. The van der Waals surface area contributed by atoms with Crippen LogP contribution in [0.1, 0.15) is 18.2 Å². The lowest BCUT2D eigenvalue weighted by Crippen LogP contribution is -2.31. The Hall–Kier alpha value is -2.30. The van der Waals surface area contributed by atoms with E-state index in [0.717, 1.165) is 31.2 Å². The molecule has 0 bridgehead atoms. The Labute approximate surface area is 152 Å². The molecule has 5 heteroatoms. The molecule has 1 atom stereocenters. The van der Waals surface area contributed by atoms with Gasteiger partial charge in [0.05, 0.1) is 5.02 Å². The molecule has 2 aromatic heterocycles. The number of hydrogen-bond acceptors (Lipinski definition) is 3. The second-order valence-electron chi connectivity index (χ2n) is 6.41. The number of para-hydroxylation sites is 1. The van der Waals surface area contributed by atoms with Gasteiger partial charge in [-0.15, -0.1) is 0 Å². The van der Waals surface area contributed by atoms with Crippen LogP contribution in [0.5, 0.6) is 5.75 Å². The molecular weight excluding hydrogens is 334 g/mol. The Morgan fingerprint density at radius 1 is 1.16 bits per heavy atom. The van der Waals surface area contributed by atoms with Crippen molar-refractivity contribution in [1.82, 2.24) is 14.5 Å². The number of benzene rings is 1. The first-order valence-corrected chi connectivity index (χ1v) is 8.82. The Kier molecular flexibility index (Phi) is 4.47. The molecule has 0 radical (unpaired) electrons. The van der Waals surface area contributed by atoms with Crippen LogP contribution in [0.4, 0.5) is 0 Å². The largest absolute Gasteiger partial charge is 0.489 e. The molecule has 0 saturated heterocycles. The Morgan fingerprint density at radius 2 is 2.04 bits per heavy atom. The molecule has 1 unspecified atom stereocenters. The fourth-order valence-electron chi connectivity index (χ4n) is 3.30. The standard InChI is InChI=1S/C20H20ClN3O/c1-15-12-23(13-16-5-2-3-7-19(16)25-15)14-18-6-4-10-24(18)20-9-8-17(21)11-22-20/h2-11,15H,12-14H2,1H3. The molecule has 4 nitrogen and oxygen atoms in total. The van der Waals surface area contributed by atoms with Gasteiger partial charge >= 0.3 is 0 Å². The maximum absolute atomic E-state index is 6.06. The number of aromatic nitrogens is 2. The monoisotopic (exact) mass is 353 g/mol. The lowest BCUT2D eigenvalue weighted by Gasteiger charge is -2.22. The molecular formula is C20H20ClN3O. The minimum Gasteiger partial charge on any atom is -0.489 e. The minimum absolute atomic E-state index is 0.153.